The van der Waals surface area contributed by atoms with E-state index in [1.165, 1.54) is 0 Å². The van der Waals surface area contributed by atoms with Gasteiger partial charge in [-0.15, -0.1) is 0 Å². The fourth-order valence-electron chi connectivity index (χ4n) is 1.76. The number of anilines is 2. The molecule has 0 atom stereocenters. The molecular formula is C14H14N2O. The second-order valence-electron chi connectivity index (χ2n) is 3.99. The van der Waals surface area contributed by atoms with Gasteiger partial charge in [-0.3, -0.25) is 4.79 Å². The first-order chi connectivity index (χ1) is 8.09. The van der Waals surface area contributed by atoms with Gasteiger partial charge in [-0.1, -0.05) is 24.3 Å². The summed E-state index contributed by atoms with van der Waals surface area (Å²) in [5.41, 5.74) is 14.5. The summed E-state index contributed by atoms with van der Waals surface area (Å²) in [4.78, 5) is 12.3. The minimum atomic E-state index is -0.0689. The van der Waals surface area contributed by atoms with Gasteiger partial charge in [-0.05, 0) is 30.7 Å². The zero-order valence-electron chi connectivity index (χ0n) is 9.60. The molecule has 3 nitrogen and oxygen atoms in total. The minimum absolute atomic E-state index is 0.0689. The van der Waals surface area contributed by atoms with E-state index < -0.39 is 0 Å². The molecule has 2 aromatic rings. The highest BCUT2D eigenvalue weighted by Crippen LogP contribution is 2.20. The lowest BCUT2D eigenvalue weighted by Crippen LogP contribution is -2.07. The Morgan fingerprint density at radius 2 is 1.71 bits per heavy atom. The molecule has 0 radical (unpaired) electrons. The number of carbonyl (C=O) groups excluding carboxylic acids is 1. The third-order valence-electron chi connectivity index (χ3n) is 2.71. The van der Waals surface area contributed by atoms with E-state index in [2.05, 4.69) is 0 Å². The molecule has 0 heterocycles. The van der Waals surface area contributed by atoms with E-state index in [1.807, 2.05) is 25.1 Å². The molecule has 0 spiro atoms. The van der Waals surface area contributed by atoms with E-state index in [-0.39, 0.29) is 5.78 Å². The summed E-state index contributed by atoms with van der Waals surface area (Å²) in [6.07, 6.45) is 0. The highest BCUT2D eigenvalue weighted by atomic mass is 16.1. The van der Waals surface area contributed by atoms with E-state index in [1.54, 1.807) is 24.3 Å². The molecule has 0 fully saturated rings. The first kappa shape index (κ1) is 11.2. The number of benzene rings is 2. The standard InChI is InChI=1S/C14H14N2O/c1-9-4-2-3-5-11(9)14(17)12-7-6-10(15)8-13(12)16/h2-8H,15-16H2,1H3. The number of rotatable bonds is 2. The van der Waals surface area contributed by atoms with E-state index in [4.69, 9.17) is 11.5 Å². The van der Waals surface area contributed by atoms with Crippen molar-refractivity contribution in [2.24, 2.45) is 0 Å². The lowest BCUT2D eigenvalue weighted by atomic mass is 9.98. The summed E-state index contributed by atoms with van der Waals surface area (Å²) in [5, 5.41) is 0. The van der Waals surface area contributed by atoms with Gasteiger partial charge in [0, 0.05) is 22.5 Å². The van der Waals surface area contributed by atoms with Crippen LogP contribution in [0.2, 0.25) is 0 Å². The highest BCUT2D eigenvalue weighted by molar-refractivity contribution is 6.13. The highest BCUT2D eigenvalue weighted by Gasteiger charge is 2.13. The molecule has 0 aliphatic carbocycles. The van der Waals surface area contributed by atoms with Crippen LogP contribution in [0.15, 0.2) is 42.5 Å². The topological polar surface area (TPSA) is 69.1 Å². The monoisotopic (exact) mass is 226 g/mol. The third-order valence-corrected chi connectivity index (χ3v) is 2.71. The molecule has 17 heavy (non-hydrogen) atoms. The van der Waals surface area contributed by atoms with E-state index in [0.717, 1.165) is 5.56 Å². The van der Waals surface area contributed by atoms with E-state index in [9.17, 15) is 4.79 Å². The molecule has 4 N–H and O–H groups in total. The zero-order chi connectivity index (χ0) is 12.4. The smallest absolute Gasteiger partial charge is 0.195 e. The van der Waals surface area contributed by atoms with Gasteiger partial charge in [0.25, 0.3) is 0 Å². The summed E-state index contributed by atoms with van der Waals surface area (Å²) in [6, 6.07) is 12.4. The second kappa shape index (κ2) is 4.29. The fourth-order valence-corrected chi connectivity index (χ4v) is 1.76. The predicted molar refractivity (Wildman–Crippen MR) is 69.9 cm³/mol. The number of nitrogens with two attached hydrogens (primary N) is 2. The first-order valence-electron chi connectivity index (χ1n) is 5.35. The molecule has 3 heteroatoms. The molecule has 0 saturated carbocycles. The van der Waals surface area contributed by atoms with Crippen LogP contribution in [0.4, 0.5) is 11.4 Å². The third kappa shape index (κ3) is 2.13. The molecule has 0 bridgehead atoms. The summed E-state index contributed by atoms with van der Waals surface area (Å²) < 4.78 is 0. The molecule has 2 aromatic carbocycles. The van der Waals surface area contributed by atoms with Crippen LogP contribution in [-0.4, -0.2) is 5.78 Å². The largest absolute Gasteiger partial charge is 0.399 e. The van der Waals surface area contributed by atoms with E-state index in [0.29, 0.717) is 22.5 Å². The van der Waals surface area contributed by atoms with Crippen molar-refractivity contribution in [1.82, 2.24) is 0 Å². The summed E-state index contributed by atoms with van der Waals surface area (Å²) >= 11 is 0. The maximum Gasteiger partial charge on any atom is 0.195 e. The SMILES string of the molecule is Cc1ccccc1C(=O)c1ccc(N)cc1N. The van der Waals surface area contributed by atoms with Gasteiger partial charge in [0.05, 0.1) is 0 Å². The Bertz CT molecular complexity index is 576. The Kier molecular flexibility index (Phi) is 2.83. The van der Waals surface area contributed by atoms with Crippen molar-refractivity contribution in [2.75, 3.05) is 11.5 Å². The maximum atomic E-state index is 12.3. The van der Waals surface area contributed by atoms with Crippen molar-refractivity contribution in [3.8, 4) is 0 Å². The second-order valence-corrected chi connectivity index (χ2v) is 3.99. The van der Waals surface area contributed by atoms with E-state index >= 15 is 0 Å². The number of aryl methyl sites for hydroxylation is 1. The molecule has 0 aliphatic heterocycles. The molecule has 0 unspecified atom stereocenters. The fraction of sp³-hybridized carbons (Fsp3) is 0.0714. The van der Waals surface area contributed by atoms with Crippen molar-refractivity contribution in [3.63, 3.8) is 0 Å². The zero-order valence-corrected chi connectivity index (χ0v) is 9.60. The molecular weight excluding hydrogens is 212 g/mol. The van der Waals surface area contributed by atoms with Crippen LogP contribution in [-0.2, 0) is 0 Å². The summed E-state index contributed by atoms with van der Waals surface area (Å²) in [6.45, 7) is 1.90. The van der Waals surface area contributed by atoms with Gasteiger partial charge >= 0.3 is 0 Å². The average Bonchev–Trinajstić information content (AvgIpc) is 2.29. The molecule has 86 valence electrons. The summed E-state index contributed by atoms with van der Waals surface area (Å²) in [5.74, 6) is -0.0689. The van der Waals surface area contributed by atoms with Crippen LogP contribution >= 0.6 is 0 Å². The quantitative estimate of drug-likeness (QED) is 0.610. The molecule has 0 aromatic heterocycles. The van der Waals surface area contributed by atoms with Crippen molar-refractivity contribution in [1.29, 1.82) is 0 Å². The van der Waals surface area contributed by atoms with Crippen molar-refractivity contribution >= 4 is 17.2 Å². The Morgan fingerprint density at radius 1 is 1.00 bits per heavy atom. The van der Waals surface area contributed by atoms with Crippen LogP contribution in [0.1, 0.15) is 21.5 Å². The van der Waals surface area contributed by atoms with Crippen molar-refractivity contribution in [3.05, 3.63) is 59.2 Å². The average molecular weight is 226 g/mol. The number of nitrogen functional groups attached to an aromatic ring is 2. The number of hydrogen-bond donors (Lipinski definition) is 2. The predicted octanol–water partition coefficient (Wildman–Crippen LogP) is 2.39. The molecule has 2 rings (SSSR count). The number of hydrogen-bond acceptors (Lipinski definition) is 3. The van der Waals surface area contributed by atoms with Crippen LogP contribution in [0.25, 0.3) is 0 Å². The van der Waals surface area contributed by atoms with Crippen LogP contribution in [0.3, 0.4) is 0 Å². The van der Waals surface area contributed by atoms with Gasteiger partial charge in [-0.25, -0.2) is 0 Å². The van der Waals surface area contributed by atoms with Gasteiger partial charge in [0.2, 0.25) is 0 Å². The van der Waals surface area contributed by atoms with Crippen LogP contribution in [0.5, 0.6) is 0 Å². The number of carbonyl (C=O) groups is 1. The van der Waals surface area contributed by atoms with Crippen molar-refractivity contribution < 1.29 is 4.79 Å². The van der Waals surface area contributed by atoms with Crippen molar-refractivity contribution in [2.45, 2.75) is 6.92 Å². The lowest BCUT2D eigenvalue weighted by Gasteiger charge is -2.07. The Morgan fingerprint density at radius 3 is 2.35 bits per heavy atom. The van der Waals surface area contributed by atoms with Gasteiger partial charge in [0.1, 0.15) is 0 Å². The maximum absolute atomic E-state index is 12.3. The Hall–Kier alpha value is -2.29. The molecule has 0 amide bonds. The molecule has 0 saturated heterocycles. The van der Waals surface area contributed by atoms with Crippen LogP contribution < -0.4 is 11.5 Å². The Labute approximate surface area is 100 Å². The Balaban J connectivity index is 2.48. The van der Waals surface area contributed by atoms with Gasteiger partial charge in [-0.2, -0.15) is 0 Å². The minimum Gasteiger partial charge on any atom is -0.399 e. The molecule has 0 aliphatic rings. The van der Waals surface area contributed by atoms with Crippen LogP contribution in [0, 0.1) is 6.92 Å². The first-order valence-corrected chi connectivity index (χ1v) is 5.35. The van der Waals surface area contributed by atoms with Gasteiger partial charge in [0.15, 0.2) is 5.78 Å². The normalized spacial score (nSPS) is 10.2. The van der Waals surface area contributed by atoms with Gasteiger partial charge < -0.3 is 11.5 Å². The summed E-state index contributed by atoms with van der Waals surface area (Å²) in [7, 11) is 0. The number of ketones is 1. The lowest BCUT2D eigenvalue weighted by molar-refractivity contribution is 0.103.